The lowest BCUT2D eigenvalue weighted by Crippen LogP contribution is -2.54. The van der Waals surface area contributed by atoms with E-state index >= 15 is 0 Å². The molecule has 1 aliphatic heterocycles. The van der Waals surface area contributed by atoms with Gasteiger partial charge in [-0.05, 0) is 104 Å². The number of carbonyl (C=O) groups is 1. The van der Waals surface area contributed by atoms with Crippen LogP contribution in [-0.2, 0) is 14.3 Å². The number of carbonyl (C=O) groups excluding carboxylic acids is 1. The summed E-state index contributed by atoms with van der Waals surface area (Å²) in [6.45, 7) is 9.32. The summed E-state index contributed by atoms with van der Waals surface area (Å²) < 4.78 is 13.6. The van der Waals surface area contributed by atoms with Crippen molar-refractivity contribution in [1.29, 1.82) is 0 Å². The first-order valence-electron chi connectivity index (χ1n) is 12.7. The minimum atomic E-state index is -0.0989. The van der Waals surface area contributed by atoms with Gasteiger partial charge in [0.25, 0.3) is 0 Å². The van der Waals surface area contributed by atoms with Crippen LogP contribution in [-0.4, -0.2) is 28.7 Å². The molecule has 5 rings (SSSR count). The van der Waals surface area contributed by atoms with Gasteiger partial charge in [-0.15, -0.1) is 0 Å². The van der Waals surface area contributed by atoms with E-state index in [0.717, 1.165) is 48.3 Å². The third kappa shape index (κ3) is 3.23. The Kier molecular flexibility index (Phi) is 5.77. The summed E-state index contributed by atoms with van der Waals surface area (Å²) in [6, 6.07) is 0. The number of esters is 1. The van der Waals surface area contributed by atoms with E-state index in [1.807, 2.05) is 0 Å². The highest BCUT2D eigenvalue weighted by Gasteiger charge is 2.65. The minimum Gasteiger partial charge on any atom is -0.463 e. The molecule has 170 valence electrons. The maximum Gasteiger partial charge on any atom is 0.302 e. The summed E-state index contributed by atoms with van der Waals surface area (Å²) in [5.74, 6) is 4.76. The van der Waals surface area contributed by atoms with Gasteiger partial charge in [0.1, 0.15) is 6.10 Å². The first-order valence-corrected chi connectivity index (χ1v) is 14.2. The monoisotopic (exact) mass is 528 g/mol. The van der Waals surface area contributed by atoms with Gasteiger partial charge in [0.05, 0.1) is 12.2 Å². The predicted octanol–water partition coefficient (Wildman–Crippen LogP) is 6.42. The summed E-state index contributed by atoms with van der Waals surface area (Å²) in [6.07, 6.45) is 12.7. The van der Waals surface area contributed by atoms with Crippen molar-refractivity contribution in [2.24, 2.45) is 46.3 Å². The highest BCUT2D eigenvalue weighted by atomic mass is 127. The molecule has 0 bridgehead atoms. The molecule has 0 N–H and O–H groups in total. The molecular formula is C26H41IO3. The van der Waals surface area contributed by atoms with E-state index in [1.54, 1.807) is 6.92 Å². The largest absolute Gasteiger partial charge is 0.463 e. The van der Waals surface area contributed by atoms with Gasteiger partial charge in [0.2, 0.25) is 0 Å². The van der Waals surface area contributed by atoms with Crippen LogP contribution in [0.1, 0.15) is 85.5 Å². The molecule has 0 aromatic rings. The number of hydrogen-bond donors (Lipinski definition) is 0. The fourth-order valence-electron chi connectivity index (χ4n) is 9.69. The molecule has 1 heterocycles. The first-order chi connectivity index (χ1) is 14.3. The summed E-state index contributed by atoms with van der Waals surface area (Å²) >= 11 is 2.52. The molecule has 30 heavy (non-hydrogen) atoms. The SMILES string of the molecule is CC(=O)OC1CCC2(C)C(CCC3C2CCC2(C)C3CC3OC(CCI)C(C)C32)C1. The molecule has 11 atom stereocenters. The van der Waals surface area contributed by atoms with Gasteiger partial charge in [-0.1, -0.05) is 43.4 Å². The molecular weight excluding hydrogens is 487 g/mol. The second-order valence-corrected chi connectivity index (χ2v) is 13.1. The van der Waals surface area contributed by atoms with E-state index < -0.39 is 0 Å². The van der Waals surface area contributed by atoms with Crippen molar-refractivity contribution in [1.82, 2.24) is 0 Å². The second-order valence-electron chi connectivity index (χ2n) is 12.0. The van der Waals surface area contributed by atoms with Crippen LogP contribution in [0.3, 0.4) is 0 Å². The predicted molar refractivity (Wildman–Crippen MR) is 127 cm³/mol. The van der Waals surface area contributed by atoms with Crippen LogP contribution in [0, 0.1) is 46.3 Å². The van der Waals surface area contributed by atoms with Crippen molar-refractivity contribution in [2.75, 3.05) is 4.43 Å². The van der Waals surface area contributed by atoms with Crippen LogP contribution < -0.4 is 0 Å². The molecule has 0 spiro atoms. The van der Waals surface area contributed by atoms with E-state index in [0.29, 0.717) is 23.0 Å². The average Bonchev–Trinajstić information content (AvgIpc) is 3.16. The minimum absolute atomic E-state index is 0.0989. The van der Waals surface area contributed by atoms with E-state index in [-0.39, 0.29) is 12.1 Å². The number of hydrogen-bond acceptors (Lipinski definition) is 3. The highest BCUT2D eigenvalue weighted by Crippen LogP contribution is 2.70. The molecule has 1 saturated heterocycles. The first kappa shape index (κ1) is 22.0. The van der Waals surface area contributed by atoms with Crippen molar-refractivity contribution >= 4 is 28.6 Å². The number of ether oxygens (including phenoxy) is 2. The maximum atomic E-state index is 11.5. The molecule has 5 fully saturated rings. The zero-order chi connectivity index (χ0) is 21.3. The van der Waals surface area contributed by atoms with Gasteiger partial charge >= 0.3 is 5.97 Å². The summed E-state index contributed by atoms with van der Waals surface area (Å²) in [7, 11) is 0. The van der Waals surface area contributed by atoms with Gasteiger partial charge < -0.3 is 9.47 Å². The number of fused-ring (bicyclic) bond motifs is 7. The van der Waals surface area contributed by atoms with Crippen LogP contribution >= 0.6 is 22.6 Å². The normalized spacial score (nSPS) is 54.6. The fourth-order valence-corrected chi connectivity index (χ4v) is 10.3. The van der Waals surface area contributed by atoms with E-state index in [9.17, 15) is 4.79 Å². The van der Waals surface area contributed by atoms with Crippen LogP contribution in [0.2, 0.25) is 0 Å². The Morgan fingerprint density at radius 3 is 2.57 bits per heavy atom. The Morgan fingerprint density at radius 1 is 1.07 bits per heavy atom. The van der Waals surface area contributed by atoms with Crippen molar-refractivity contribution in [3.63, 3.8) is 0 Å². The van der Waals surface area contributed by atoms with E-state index in [1.165, 1.54) is 49.4 Å². The molecule has 11 unspecified atom stereocenters. The van der Waals surface area contributed by atoms with Gasteiger partial charge in [0.15, 0.2) is 0 Å². The molecule has 4 heteroatoms. The Bertz CT molecular complexity index is 681. The molecule has 3 nitrogen and oxygen atoms in total. The average molecular weight is 529 g/mol. The van der Waals surface area contributed by atoms with Crippen molar-refractivity contribution < 1.29 is 14.3 Å². The molecule has 4 saturated carbocycles. The van der Waals surface area contributed by atoms with Gasteiger partial charge in [-0.2, -0.15) is 0 Å². The molecule has 0 aromatic heterocycles. The third-order valence-electron chi connectivity index (χ3n) is 10.9. The van der Waals surface area contributed by atoms with Crippen molar-refractivity contribution in [3.8, 4) is 0 Å². The molecule has 0 amide bonds. The standard InChI is InChI=1S/C26H41IO3/c1-15-22(9-12-27)30-23-14-21-19-6-5-17-13-18(29-16(2)28)7-10-25(17,3)20(19)8-11-26(21,4)24(15)23/h15,17-24H,5-14H2,1-4H3. The fraction of sp³-hybridized carbons (Fsp3) is 0.962. The zero-order valence-corrected chi connectivity index (χ0v) is 21.5. The number of rotatable bonds is 3. The maximum absolute atomic E-state index is 11.5. The number of alkyl halides is 1. The zero-order valence-electron chi connectivity index (χ0n) is 19.4. The van der Waals surface area contributed by atoms with Gasteiger partial charge in [-0.25, -0.2) is 0 Å². The molecule has 4 aliphatic carbocycles. The Balaban J connectivity index is 1.34. The van der Waals surface area contributed by atoms with Gasteiger partial charge in [0, 0.05) is 11.4 Å². The van der Waals surface area contributed by atoms with Crippen molar-refractivity contribution in [3.05, 3.63) is 0 Å². The van der Waals surface area contributed by atoms with E-state index in [2.05, 4.69) is 43.4 Å². The van der Waals surface area contributed by atoms with E-state index in [4.69, 9.17) is 9.47 Å². The number of halogens is 1. The summed E-state index contributed by atoms with van der Waals surface area (Å²) in [5, 5.41) is 0. The Labute approximate surface area is 196 Å². The van der Waals surface area contributed by atoms with Crippen LogP contribution in [0.15, 0.2) is 0 Å². The molecule has 0 radical (unpaired) electrons. The second kappa shape index (κ2) is 7.88. The molecule has 5 aliphatic rings. The van der Waals surface area contributed by atoms with Crippen molar-refractivity contribution in [2.45, 2.75) is 104 Å². The highest BCUT2D eigenvalue weighted by molar-refractivity contribution is 14.1. The Morgan fingerprint density at radius 2 is 1.83 bits per heavy atom. The van der Waals surface area contributed by atoms with Gasteiger partial charge in [-0.3, -0.25) is 4.79 Å². The smallest absolute Gasteiger partial charge is 0.302 e. The lowest BCUT2D eigenvalue weighted by molar-refractivity contribution is -0.160. The lowest BCUT2D eigenvalue weighted by atomic mass is 9.44. The molecule has 0 aromatic carbocycles. The van der Waals surface area contributed by atoms with Crippen LogP contribution in [0.5, 0.6) is 0 Å². The third-order valence-corrected chi connectivity index (χ3v) is 11.6. The van der Waals surface area contributed by atoms with Crippen LogP contribution in [0.25, 0.3) is 0 Å². The Hall–Kier alpha value is 0.160. The lowest BCUT2D eigenvalue weighted by Gasteiger charge is -2.61. The summed E-state index contributed by atoms with van der Waals surface area (Å²) in [5.41, 5.74) is 0.943. The van der Waals surface area contributed by atoms with Crippen LogP contribution in [0.4, 0.5) is 0 Å². The summed E-state index contributed by atoms with van der Waals surface area (Å²) in [4.78, 5) is 11.5. The quantitative estimate of drug-likeness (QED) is 0.241. The topological polar surface area (TPSA) is 35.5 Å².